The van der Waals surface area contributed by atoms with Crippen LogP contribution in [0.3, 0.4) is 0 Å². The molecule has 3 heterocycles. The molecule has 30 heavy (non-hydrogen) atoms. The number of esters is 1. The fourth-order valence-corrected chi connectivity index (χ4v) is 4.87. The topological polar surface area (TPSA) is 43.7 Å². The minimum absolute atomic E-state index is 0.149. The molecule has 5 rings (SSSR count). The highest BCUT2D eigenvalue weighted by Crippen LogP contribution is 2.39. The Morgan fingerprint density at radius 1 is 1.13 bits per heavy atom. The van der Waals surface area contributed by atoms with Gasteiger partial charge in [0, 0.05) is 48.7 Å². The van der Waals surface area contributed by atoms with Gasteiger partial charge in [-0.1, -0.05) is 30.3 Å². The zero-order valence-corrected chi connectivity index (χ0v) is 17.7. The largest absolute Gasteiger partial charge is 0.475 e. The number of carbonyl (C=O) groups excluding carboxylic acids is 1. The highest BCUT2D eigenvalue weighted by atomic mass is 16.5. The third-order valence-electron chi connectivity index (χ3n) is 6.59. The Kier molecular flexibility index (Phi) is 4.99. The van der Waals surface area contributed by atoms with Gasteiger partial charge in [0.05, 0.1) is 5.56 Å². The van der Waals surface area contributed by atoms with Gasteiger partial charge in [0.15, 0.2) is 6.23 Å². The zero-order chi connectivity index (χ0) is 20.7. The van der Waals surface area contributed by atoms with Gasteiger partial charge in [0.25, 0.3) is 0 Å². The second-order valence-electron chi connectivity index (χ2n) is 8.37. The summed E-state index contributed by atoms with van der Waals surface area (Å²) < 4.78 is 14.2. The van der Waals surface area contributed by atoms with Crippen molar-refractivity contribution in [3.8, 4) is 5.75 Å². The van der Waals surface area contributed by atoms with E-state index in [9.17, 15) is 4.79 Å². The molecule has 2 aliphatic heterocycles. The Bertz CT molecular complexity index is 1080. The lowest BCUT2D eigenvalue weighted by molar-refractivity contribution is 0.0267. The van der Waals surface area contributed by atoms with Crippen molar-refractivity contribution in [2.24, 2.45) is 7.05 Å². The minimum Gasteiger partial charge on any atom is -0.475 e. The molecule has 1 unspecified atom stereocenters. The molecule has 1 aromatic heterocycles. The Morgan fingerprint density at radius 3 is 2.67 bits per heavy atom. The molecule has 0 amide bonds. The average molecular weight is 405 g/mol. The Balaban J connectivity index is 1.48. The zero-order valence-electron chi connectivity index (χ0n) is 17.7. The number of hydrogen-bond acceptors (Lipinski definition) is 4. The second kappa shape index (κ2) is 7.80. The number of benzene rings is 2. The van der Waals surface area contributed by atoms with Crippen molar-refractivity contribution in [1.82, 2.24) is 9.47 Å². The van der Waals surface area contributed by atoms with Crippen LogP contribution in [0.4, 0.5) is 0 Å². The molecule has 156 valence electrons. The third kappa shape index (κ3) is 3.27. The molecule has 2 aliphatic rings. The van der Waals surface area contributed by atoms with Crippen LogP contribution in [0.25, 0.3) is 10.9 Å². The summed E-state index contributed by atoms with van der Waals surface area (Å²) in [4.78, 5) is 15.6. The molecule has 0 N–H and O–H groups in total. The first kappa shape index (κ1) is 19.2. The summed E-state index contributed by atoms with van der Waals surface area (Å²) in [5.41, 5.74) is 4.78. The lowest BCUT2D eigenvalue weighted by Crippen LogP contribution is -2.39. The molecule has 5 nitrogen and oxygen atoms in total. The van der Waals surface area contributed by atoms with Crippen molar-refractivity contribution in [2.75, 3.05) is 13.1 Å². The van der Waals surface area contributed by atoms with E-state index in [1.807, 2.05) is 44.3 Å². The number of aryl methyl sites for hydroxylation is 2. The van der Waals surface area contributed by atoms with Gasteiger partial charge in [0.2, 0.25) is 0 Å². The molecule has 1 saturated heterocycles. The van der Waals surface area contributed by atoms with Crippen molar-refractivity contribution in [3.63, 3.8) is 0 Å². The number of likely N-dealkylation sites (tertiary alicyclic amines) is 1. The van der Waals surface area contributed by atoms with Crippen LogP contribution in [0.15, 0.2) is 42.5 Å². The summed E-state index contributed by atoms with van der Waals surface area (Å²) in [5.74, 6) is 0.644. The standard InChI is InChI=1S/C25H28N2O3/c1-17-23(25(28)29-16-18-8-4-3-5-9-18)24-19-10-13-22(27-14-6-7-15-27)30-21(19)12-11-20(24)26(17)2/h3-5,8-9,11-12,22H,6-7,10,13-16H2,1-2H3. The number of hydrogen-bond donors (Lipinski definition) is 0. The molecule has 1 atom stereocenters. The maximum atomic E-state index is 13.1. The van der Waals surface area contributed by atoms with Gasteiger partial charge < -0.3 is 14.0 Å². The van der Waals surface area contributed by atoms with Crippen molar-refractivity contribution in [3.05, 3.63) is 64.8 Å². The molecule has 0 bridgehead atoms. The Hall–Kier alpha value is -2.79. The van der Waals surface area contributed by atoms with E-state index in [0.29, 0.717) is 5.56 Å². The number of aromatic nitrogens is 1. The van der Waals surface area contributed by atoms with E-state index in [2.05, 4.69) is 21.6 Å². The summed E-state index contributed by atoms with van der Waals surface area (Å²) in [6, 6.07) is 13.9. The highest BCUT2D eigenvalue weighted by Gasteiger charge is 2.31. The van der Waals surface area contributed by atoms with E-state index < -0.39 is 0 Å². The summed E-state index contributed by atoms with van der Waals surface area (Å²) in [7, 11) is 2.01. The molecular weight excluding hydrogens is 376 g/mol. The molecule has 1 fully saturated rings. The molecule has 3 aromatic rings. The summed E-state index contributed by atoms with van der Waals surface area (Å²) >= 11 is 0. The van der Waals surface area contributed by atoms with Gasteiger partial charge >= 0.3 is 5.97 Å². The van der Waals surface area contributed by atoms with Gasteiger partial charge in [-0.15, -0.1) is 0 Å². The van der Waals surface area contributed by atoms with Crippen molar-refractivity contribution in [1.29, 1.82) is 0 Å². The quantitative estimate of drug-likeness (QED) is 0.597. The van der Waals surface area contributed by atoms with Gasteiger partial charge in [-0.2, -0.15) is 0 Å². The van der Waals surface area contributed by atoms with Crippen LogP contribution in [0.1, 0.15) is 46.4 Å². The Morgan fingerprint density at radius 2 is 1.90 bits per heavy atom. The number of fused-ring (bicyclic) bond motifs is 3. The second-order valence-corrected chi connectivity index (χ2v) is 8.37. The average Bonchev–Trinajstić information content (AvgIpc) is 3.40. The number of ether oxygens (including phenoxy) is 2. The summed E-state index contributed by atoms with van der Waals surface area (Å²) in [5, 5.41) is 0.991. The summed E-state index contributed by atoms with van der Waals surface area (Å²) in [6.45, 7) is 4.49. The highest BCUT2D eigenvalue weighted by molar-refractivity contribution is 6.08. The first-order valence-corrected chi connectivity index (χ1v) is 10.9. The van der Waals surface area contributed by atoms with E-state index in [4.69, 9.17) is 9.47 Å². The third-order valence-corrected chi connectivity index (χ3v) is 6.59. The Labute approximate surface area is 177 Å². The molecule has 0 aliphatic carbocycles. The first-order chi connectivity index (χ1) is 14.6. The smallest absolute Gasteiger partial charge is 0.340 e. The van der Waals surface area contributed by atoms with Gasteiger partial charge in [-0.05, 0) is 43.9 Å². The first-order valence-electron chi connectivity index (χ1n) is 10.9. The van der Waals surface area contributed by atoms with E-state index in [1.165, 1.54) is 12.8 Å². The monoisotopic (exact) mass is 404 g/mol. The molecular formula is C25H28N2O3. The predicted octanol–water partition coefficient (Wildman–Crippen LogP) is 4.59. The number of carbonyl (C=O) groups is 1. The van der Waals surface area contributed by atoms with Gasteiger partial charge in [-0.3, -0.25) is 4.90 Å². The van der Waals surface area contributed by atoms with Crippen LogP contribution in [-0.2, 0) is 24.8 Å². The number of rotatable bonds is 4. The molecule has 0 radical (unpaired) electrons. The lowest BCUT2D eigenvalue weighted by Gasteiger charge is -2.33. The van der Waals surface area contributed by atoms with Crippen LogP contribution in [-0.4, -0.2) is 34.8 Å². The molecule has 2 aromatic carbocycles. The van der Waals surface area contributed by atoms with Crippen LogP contribution >= 0.6 is 0 Å². The summed E-state index contributed by atoms with van der Waals surface area (Å²) in [6.07, 6.45) is 4.52. The SMILES string of the molecule is Cc1c(C(=O)OCc2ccccc2)c2c3c(ccc2n1C)OC(N1CCCC1)CC3. The van der Waals surface area contributed by atoms with E-state index >= 15 is 0 Å². The van der Waals surface area contributed by atoms with Crippen molar-refractivity contribution >= 4 is 16.9 Å². The fourth-order valence-electron chi connectivity index (χ4n) is 4.87. The molecule has 0 spiro atoms. The molecule has 5 heteroatoms. The number of nitrogens with zero attached hydrogens (tertiary/aromatic N) is 2. The molecule has 0 saturated carbocycles. The fraction of sp³-hybridized carbons (Fsp3) is 0.400. The van der Waals surface area contributed by atoms with Crippen LogP contribution in [0.5, 0.6) is 5.75 Å². The van der Waals surface area contributed by atoms with Crippen LogP contribution in [0, 0.1) is 6.92 Å². The van der Waals surface area contributed by atoms with E-state index in [-0.39, 0.29) is 18.8 Å². The van der Waals surface area contributed by atoms with Gasteiger partial charge in [0.1, 0.15) is 12.4 Å². The van der Waals surface area contributed by atoms with E-state index in [0.717, 1.165) is 59.4 Å². The minimum atomic E-state index is -0.267. The predicted molar refractivity (Wildman–Crippen MR) is 117 cm³/mol. The maximum Gasteiger partial charge on any atom is 0.340 e. The van der Waals surface area contributed by atoms with Crippen LogP contribution in [0.2, 0.25) is 0 Å². The van der Waals surface area contributed by atoms with Crippen molar-refractivity contribution in [2.45, 2.75) is 45.4 Å². The normalized spacial score (nSPS) is 18.9. The van der Waals surface area contributed by atoms with Crippen LogP contribution < -0.4 is 4.74 Å². The maximum absolute atomic E-state index is 13.1. The van der Waals surface area contributed by atoms with Gasteiger partial charge in [-0.25, -0.2) is 4.79 Å². The van der Waals surface area contributed by atoms with Crippen molar-refractivity contribution < 1.29 is 14.3 Å². The lowest BCUT2D eigenvalue weighted by atomic mass is 9.97. The van der Waals surface area contributed by atoms with E-state index in [1.54, 1.807) is 0 Å².